The van der Waals surface area contributed by atoms with Crippen LogP contribution in [-0.4, -0.2) is 44.1 Å². The number of carbonyl (C=O) groups excluding carboxylic acids is 1. The van der Waals surface area contributed by atoms with Crippen LogP contribution in [0.15, 0.2) is 65.7 Å². The second-order valence-corrected chi connectivity index (χ2v) is 8.90. The minimum Gasteiger partial charge on any atom is -0.337 e. The molecule has 2 heterocycles. The van der Waals surface area contributed by atoms with Gasteiger partial charge in [-0.15, -0.1) is 16.9 Å². The number of benzene rings is 2. The first-order valence-electron chi connectivity index (χ1n) is 10.1. The number of carbonyl (C=O) groups is 1. The standard InChI is InChI=1S/C23H26N4OS/c1-18-7-9-20(10-8-18)29-21-12-14-26(15-13-21)23(28)22-17-27(25-24-22)16-11-19-5-3-2-4-6-19/h2-10,17,21H,11-16H2,1H3. The molecule has 29 heavy (non-hydrogen) atoms. The van der Waals surface area contributed by atoms with Gasteiger partial charge in [-0.2, -0.15) is 0 Å². The molecule has 0 saturated carbocycles. The van der Waals surface area contributed by atoms with Crippen LogP contribution in [0.3, 0.4) is 0 Å². The van der Waals surface area contributed by atoms with Gasteiger partial charge in [0, 0.05) is 29.8 Å². The average Bonchev–Trinajstić information content (AvgIpc) is 3.24. The Bertz CT molecular complexity index is 931. The number of rotatable bonds is 6. The van der Waals surface area contributed by atoms with E-state index in [4.69, 9.17) is 0 Å². The van der Waals surface area contributed by atoms with Gasteiger partial charge in [0.25, 0.3) is 5.91 Å². The van der Waals surface area contributed by atoms with E-state index in [9.17, 15) is 4.79 Å². The summed E-state index contributed by atoms with van der Waals surface area (Å²) in [5, 5.41) is 8.81. The number of hydrogen-bond acceptors (Lipinski definition) is 4. The lowest BCUT2D eigenvalue weighted by Crippen LogP contribution is -2.39. The Kier molecular flexibility index (Phi) is 6.30. The van der Waals surface area contributed by atoms with Crippen LogP contribution in [-0.2, 0) is 13.0 Å². The highest BCUT2D eigenvalue weighted by Crippen LogP contribution is 2.30. The Labute approximate surface area is 176 Å². The van der Waals surface area contributed by atoms with Gasteiger partial charge in [0.05, 0.1) is 6.20 Å². The fraction of sp³-hybridized carbons (Fsp3) is 0.348. The van der Waals surface area contributed by atoms with Crippen molar-refractivity contribution < 1.29 is 4.79 Å². The predicted octanol–water partition coefficient (Wildman–Crippen LogP) is 4.23. The summed E-state index contributed by atoms with van der Waals surface area (Å²) in [6.45, 7) is 4.38. The van der Waals surface area contributed by atoms with Crippen molar-refractivity contribution in [2.45, 2.75) is 42.9 Å². The summed E-state index contributed by atoms with van der Waals surface area (Å²) >= 11 is 1.92. The van der Waals surface area contributed by atoms with Crippen molar-refractivity contribution in [1.29, 1.82) is 0 Å². The lowest BCUT2D eigenvalue weighted by Gasteiger charge is -2.31. The number of piperidine rings is 1. The Morgan fingerprint density at radius 1 is 1.07 bits per heavy atom. The van der Waals surface area contributed by atoms with E-state index < -0.39 is 0 Å². The Hall–Kier alpha value is -2.60. The molecule has 1 fully saturated rings. The van der Waals surface area contributed by atoms with Crippen LogP contribution in [0.4, 0.5) is 0 Å². The van der Waals surface area contributed by atoms with Crippen LogP contribution in [0.5, 0.6) is 0 Å². The SMILES string of the molecule is Cc1ccc(SC2CCN(C(=O)c3cn(CCc4ccccc4)nn3)CC2)cc1. The average molecular weight is 407 g/mol. The number of amides is 1. The zero-order valence-electron chi connectivity index (χ0n) is 16.7. The van der Waals surface area contributed by atoms with Crippen LogP contribution in [0.2, 0.25) is 0 Å². The second kappa shape index (κ2) is 9.27. The zero-order valence-corrected chi connectivity index (χ0v) is 17.5. The fourth-order valence-corrected chi connectivity index (χ4v) is 4.67. The molecule has 6 heteroatoms. The molecule has 2 aromatic carbocycles. The Morgan fingerprint density at radius 3 is 2.52 bits per heavy atom. The van der Waals surface area contributed by atoms with Crippen LogP contribution in [0.25, 0.3) is 0 Å². The van der Waals surface area contributed by atoms with E-state index in [0.717, 1.165) is 38.9 Å². The largest absolute Gasteiger partial charge is 0.337 e. The van der Waals surface area contributed by atoms with Crippen LogP contribution >= 0.6 is 11.8 Å². The van der Waals surface area contributed by atoms with Gasteiger partial charge in [0.2, 0.25) is 0 Å². The maximum absolute atomic E-state index is 12.8. The molecule has 1 aliphatic heterocycles. The van der Waals surface area contributed by atoms with Gasteiger partial charge in [-0.3, -0.25) is 9.48 Å². The molecule has 150 valence electrons. The molecule has 4 rings (SSSR count). The van der Waals surface area contributed by atoms with Crippen molar-refractivity contribution in [3.63, 3.8) is 0 Å². The molecule has 0 spiro atoms. The molecule has 1 aliphatic rings. The molecule has 0 N–H and O–H groups in total. The van der Waals surface area contributed by atoms with Gasteiger partial charge in [-0.1, -0.05) is 53.2 Å². The van der Waals surface area contributed by atoms with E-state index >= 15 is 0 Å². The molecular formula is C23H26N4OS. The molecule has 1 saturated heterocycles. The van der Waals surface area contributed by atoms with Crippen LogP contribution in [0.1, 0.15) is 34.5 Å². The van der Waals surface area contributed by atoms with Crippen molar-refractivity contribution in [1.82, 2.24) is 19.9 Å². The highest BCUT2D eigenvalue weighted by atomic mass is 32.2. The van der Waals surface area contributed by atoms with Gasteiger partial charge in [-0.25, -0.2) is 0 Å². The Morgan fingerprint density at radius 2 is 1.79 bits per heavy atom. The van der Waals surface area contributed by atoms with Crippen molar-refractivity contribution in [2.75, 3.05) is 13.1 Å². The minimum atomic E-state index is -0.00486. The van der Waals surface area contributed by atoms with E-state index in [-0.39, 0.29) is 5.91 Å². The van der Waals surface area contributed by atoms with E-state index in [1.807, 2.05) is 34.9 Å². The molecule has 1 aromatic heterocycles. The molecule has 3 aromatic rings. The maximum Gasteiger partial charge on any atom is 0.276 e. The molecule has 0 radical (unpaired) electrons. The highest BCUT2D eigenvalue weighted by Gasteiger charge is 2.25. The van der Waals surface area contributed by atoms with Crippen LogP contribution in [0, 0.1) is 6.92 Å². The van der Waals surface area contributed by atoms with E-state index in [1.54, 1.807) is 10.9 Å². The molecule has 1 amide bonds. The second-order valence-electron chi connectivity index (χ2n) is 7.52. The van der Waals surface area contributed by atoms with Gasteiger partial charge >= 0.3 is 0 Å². The zero-order chi connectivity index (χ0) is 20.1. The topological polar surface area (TPSA) is 51.0 Å². The molecule has 0 aliphatic carbocycles. The summed E-state index contributed by atoms with van der Waals surface area (Å²) in [7, 11) is 0. The maximum atomic E-state index is 12.8. The molecular weight excluding hydrogens is 380 g/mol. The predicted molar refractivity (Wildman–Crippen MR) is 116 cm³/mol. The van der Waals surface area contributed by atoms with Gasteiger partial charge in [-0.05, 0) is 43.9 Å². The van der Waals surface area contributed by atoms with Gasteiger partial charge < -0.3 is 4.90 Å². The van der Waals surface area contributed by atoms with E-state index in [0.29, 0.717) is 10.9 Å². The lowest BCUT2D eigenvalue weighted by atomic mass is 10.1. The number of likely N-dealkylation sites (tertiary alicyclic amines) is 1. The first-order valence-corrected chi connectivity index (χ1v) is 11.0. The molecule has 0 bridgehead atoms. The molecule has 0 atom stereocenters. The number of aromatic nitrogens is 3. The van der Waals surface area contributed by atoms with Crippen molar-refractivity contribution in [2.24, 2.45) is 0 Å². The van der Waals surface area contributed by atoms with Gasteiger partial charge in [0.1, 0.15) is 0 Å². The van der Waals surface area contributed by atoms with Crippen molar-refractivity contribution >= 4 is 17.7 Å². The number of nitrogens with zero attached hydrogens (tertiary/aromatic N) is 4. The van der Waals surface area contributed by atoms with Crippen molar-refractivity contribution in [3.05, 3.63) is 77.6 Å². The summed E-state index contributed by atoms with van der Waals surface area (Å²) in [5.41, 5.74) is 2.98. The van der Waals surface area contributed by atoms with Crippen LogP contribution < -0.4 is 0 Å². The van der Waals surface area contributed by atoms with Crippen molar-refractivity contribution in [3.8, 4) is 0 Å². The summed E-state index contributed by atoms with van der Waals surface area (Å²) in [6.07, 6.45) is 4.66. The third-order valence-corrected chi connectivity index (χ3v) is 6.63. The third kappa shape index (κ3) is 5.26. The monoisotopic (exact) mass is 406 g/mol. The molecule has 0 unspecified atom stereocenters. The summed E-state index contributed by atoms with van der Waals surface area (Å²) in [6, 6.07) is 19.0. The quantitative estimate of drug-likeness (QED) is 0.615. The fourth-order valence-electron chi connectivity index (χ4n) is 3.54. The number of aryl methyl sites for hydroxylation is 3. The van der Waals surface area contributed by atoms with Gasteiger partial charge in [0.15, 0.2) is 5.69 Å². The highest BCUT2D eigenvalue weighted by molar-refractivity contribution is 8.00. The third-order valence-electron chi connectivity index (χ3n) is 5.28. The minimum absolute atomic E-state index is 0.00486. The lowest BCUT2D eigenvalue weighted by molar-refractivity contribution is 0.0721. The molecule has 5 nitrogen and oxygen atoms in total. The number of thioether (sulfide) groups is 1. The normalized spacial score (nSPS) is 14.9. The first kappa shape index (κ1) is 19.7. The summed E-state index contributed by atoms with van der Waals surface area (Å²) < 4.78 is 1.76. The summed E-state index contributed by atoms with van der Waals surface area (Å²) in [4.78, 5) is 16.0. The first-order chi connectivity index (χ1) is 14.2. The smallest absolute Gasteiger partial charge is 0.276 e. The Balaban J connectivity index is 1.27. The van der Waals surface area contributed by atoms with E-state index in [2.05, 4.69) is 53.6 Å². The van der Waals surface area contributed by atoms with E-state index in [1.165, 1.54) is 16.0 Å². The summed E-state index contributed by atoms with van der Waals surface area (Å²) in [5.74, 6) is -0.00486. The number of hydrogen-bond donors (Lipinski definition) is 0.